The maximum Gasteiger partial charge on any atom is 0.289 e. The lowest BCUT2D eigenvalue weighted by Crippen LogP contribution is -2.45. The summed E-state index contributed by atoms with van der Waals surface area (Å²) in [4.78, 5) is 12.1. The Morgan fingerprint density at radius 2 is 1.86 bits per heavy atom. The van der Waals surface area contributed by atoms with Crippen LogP contribution in [-0.2, 0) is 24.6 Å². The van der Waals surface area contributed by atoms with Crippen LogP contribution in [0.1, 0.15) is 6.42 Å². The fraction of sp³-hybridized carbons (Fsp3) is 0.625. The van der Waals surface area contributed by atoms with Gasteiger partial charge in [-0.2, -0.15) is 4.31 Å². The summed E-state index contributed by atoms with van der Waals surface area (Å²) in [6, 6.07) is 5.25. The summed E-state index contributed by atoms with van der Waals surface area (Å²) < 4.78 is 55.5. The average Bonchev–Trinajstić information content (AvgIpc) is 2.65. The molecular formula is C16H25N3O7S2. The molecule has 0 atom stereocenters. The van der Waals surface area contributed by atoms with Gasteiger partial charge in [-0.25, -0.2) is 16.8 Å². The largest absolute Gasteiger partial charge is 0.385 e. The predicted octanol–water partition coefficient (Wildman–Crippen LogP) is 0.352. The molecule has 28 heavy (non-hydrogen) atoms. The second kappa shape index (κ2) is 9.74. The number of sulfonamides is 1. The van der Waals surface area contributed by atoms with E-state index in [1.54, 1.807) is 0 Å². The van der Waals surface area contributed by atoms with Crippen molar-refractivity contribution in [2.75, 3.05) is 57.9 Å². The van der Waals surface area contributed by atoms with Crippen LogP contribution in [0.3, 0.4) is 0 Å². The molecular weight excluding hydrogens is 410 g/mol. The fourth-order valence-corrected chi connectivity index (χ4v) is 5.83. The highest BCUT2D eigenvalue weighted by Crippen LogP contribution is 2.26. The molecule has 0 amide bonds. The van der Waals surface area contributed by atoms with Crippen molar-refractivity contribution >= 4 is 25.5 Å². The van der Waals surface area contributed by atoms with E-state index in [-0.39, 0.29) is 29.5 Å². The normalized spacial score (nSPS) is 17.6. The molecule has 12 heteroatoms. The summed E-state index contributed by atoms with van der Waals surface area (Å²) >= 11 is 0. The predicted molar refractivity (Wildman–Crippen MR) is 103 cm³/mol. The minimum Gasteiger partial charge on any atom is -0.385 e. The molecule has 1 saturated heterocycles. The molecule has 0 bridgehead atoms. The van der Waals surface area contributed by atoms with Crippen molar-refractivity contribution in [3.8, 4) is 0 Å². The lowest BCUT2D eigenvalue weighted by atomic mass is 10.3. The van der Waals surface area contributed by atoms with Crippen LogP contribution in [0.25, 0.3) is 0 Å². The molecule has 1 aliphatic heterocycles. The number of benzene rings is 1. The van der Waals surface area contributed by atoms with Gasteiger partial charge in [-0.1, -0.05) is 12.1 Å². The Morgan fingerprint density at radius 1 is 1.21 bits per heavy atom. The number of hydrogen-bond acceptors (Lipinski definition) is 8. The number of nitrogens with zero attached hydrogens (tertiary/aromatic N) is 3. The van der Waals surface area contributed by atoms with Gasteiger partial charge in [0.2, 0.25) is 10.0 Å². The summed E-state index contributed by atoms with van der Waals surface area (Å²) in [5.74, 6) is 0.0984. The summed E-state index contributed by atoms with van der Waals surface area (Å²) in [5.41, 5.74) is -0.469. The first-order chi connectivity index (χ1) is 13.2. The second-order valence-corrected chi connectivity index (χ2v) is 10.7. The first kappa shape index (κ1) is 22.7. The third kappa shape index (κ3) is 5.95. The van der Waals surface area contributed by atoms with Crippen LogP contribution in [0.15, 0.2) is 29.2 Å². The third-order valence-corrected chi connectivity index (χ3v) is 8.09. The molecule has 0 aliphatic carbocycles. The highest BCUT2D eigenvalue weighted by atomic mass is 32.2. The molecule has 0 saturated carbocycles. The zero-order chi connectivity index (χ0) is 20.8. The minimum absolute atomic E-state index is 0.0492. The number of methoxy groups -OCH3 is 1. The molecule has 1 aliphatic rings. The Kier molecular flexibility index (Phi) is 7.89. The molecule has 2 rings (SSSR count). The molecule has 1 aromatic rings. The molecule has 1 fully saturated rings. The smallest absolute Gasteiger partial charge is 0.289 e. The second-order valence-electron chi connectivity index (χ2n) is 6.47. The van der Waals surface area contributed by atoms with E-state index in [2.05, 4.69) is 0 Å². The third-order valence-electron chi connectivity index (χ3n) is 4.54. The van der Waals surface area contributed by atoms with Gasteiger partial charge in [0, 0.05) is 52.5 Å². The summed E-state index contributed by atoms with van der Waals surface area (Å²) in [7, 11) is -5.60. The van der Waals surface area contributed by atoms with Crippen LogP contribution in [0.4, 0.5) is 5.69 Å². The van der Waals surface area contributed by atoms with Crippen molar-refractivity contribution in [1.29, 1.82) is 0 Å². The van der Waals surface area contributed by atoms with Gasteiger partial charge in [-0.05, 0) is 12.5 Å². The average molecular weight is 436 g/mol. The number of nitro benzene ring substituents is 1. The van der Waals surface area contributed by atoms with Crippen molar-refractivity contribution in [3.63, 3.8) is 0 Å². The zero-order valence-electron chi connectivity index (χ0n) is 15.7. The van der Waals surface area contributed by atoms with Crippen LogP contribution >= 0.6 is 0 Å². The van der Waals surface area contributed by atoms with E-state index in [1.165, 1.54) is 29.6 Å². The lowest BCUT2D eigenvalue weighted by molar-refractivity contribution is -0.387. The number of rotatable bonds is 10. The van der Waals surface area contributed by atoms with Crippen LogP contribution in [0.2, 0.25) is 0 Å². The monoisotopic (exact) mass is 435 g/mol. The van der Waals surface area contributed by atoms with E-state index < -0.39 is 30.5 Å². The quantitative estimate of drug-likeness (QED) is 0.293. The van der Waals surface area contributed by atoms with E-state index in [0.717, 1.165) is 6.07 Å². The highest BCUT2D eigenvalue weighted by Gasteiger charge is 2.31. The highest BCUT2D eigenvalue weighted by molar-refractivity contribution is 7.91. The molecule has 0 radical (unpaired) electrons. The van der Waals surface area contributed by atoms with E-state index in [0.29, 0.717) is 32.7 Å². The Morgan fingerprint density at radius 3 is 2.46 bits per heavy atom. The number of nitro groups is 1. The molecule has 0 unspecified atom stereocenters. The molecule has 0 aromatic heterocycles. The number of hydrogen-bond donors (Lipinski definition) is 0. The molecule has 1 aromatic carbocycles. The first-order valence-corrected chi connectivity index (χ1v) is 12.1. The number of para-hydroxylation sites is 1. The van der Waals surface area contributed by atoms with E-state index in [9.17, 15) is 26.9 Å². The van der Waals surface area contributed by atoms with E-state index in [4.69, 9.17) is 4.74 Å². The van der Waals surface area contributed by atoms with Crippen LogP contribution in [0.5, 0.6) is 0 Å². The van der Waals surface area contributed by atoms with Gasteiger partial charge in [-0.15, -0.1) is 0 Å². The molecule has 0 spiro atoms. The van der Waals surface area contributed by atoms with Crippen LogP contribution in [-0.4, -0.2) is 88.9 Å². The van der Waals surface area contributed by atoms with Crippen molar-refractivity contribution < 1.29 is 26.5 Å². The van der Waals surface area contributed by atoms with Gasteiger partial charge >= 0.3 is 0 Å². The van der Waals surface area contributed by atoms with Gasteiger partial charge < -0.3 is 9.64 Å². The number of ether oxygens (including phenoxy) is 1. The Labute approximate surface area is 165 Å². The maximum absolute atomic E-state index is 13.1. The summed E-state index contributed by atoms with van der Waals surface area (Å²) in [6.07, 6.45) is 0.435. The van der Waals surface area contributed by atoms with E-state index in [1.807, 2.05) is 4.90 Å². The molecule has 158 valence electrons. The van der Waals surface area contributed by atoms with Crippen LogP contribution in [0, 0.1) is 10.1 Å². The standard InChI is InChI=1S/C16H25N3O7S2/c1-26-12-4-7-18(9-8-17-10-13-27(22,23)14-11-17)28(24,25)16-6-3-2-5-15(16)19(20)21/h2-3,5-6H,4,7-14H2,1H3. The van der Waals surface area contributed by atoms with Gasteiger partial charge in [0.25, 0.3) is 5.69 Å². The minimum atomic E-state index is -4.09. The van der Waals surface area contributed by atoms with Crippen molar-refractivity contribution in [1.82, 2.24) is 9.21 Å². The maximum atomic E-state index is 13.1. The van der Waals surface area contributed by atoms with Gasteiger partial charge in [-0.3, -0.25) is 10.1 Å². The van der Waals surface area contributed by atoms with Crippen molar-refractivity contribution in [2.45, 2.75) is 11.3 Å². The zero-order valence-corrected chi connectivity index (χ0v) is 17.3. The van der Waals surface area contributed by atoms with Crippen LogP contribution < -0.4 is 0 Å². The number of sulfone groups is 1. The van der Waals surface area contributed by atoms with Crippen molar-refractivity contribution in [2.24, 2.45) is 0 Å². The molecule has 1 heterocycles. The lowest BCUT2D eigenvalue weighted by Gasteiger charge is -2.29. The fourth-order valence-electron chi connectivity index (χ4n) is 2.93. The molecule has 10 nitrogen and oxygen atoms in total. The summed E-state index contributed by atoms with van der Waals surface area (Å²) in [5, 5.41) is 11.3. The SMILES string of the molecule is COCCCN(CCN1CCS(=O)(=O)CC1)S(=O)(=O)c1ccccc1[N+](=O)[O-]. The Balaban J connectivity index is 2.18. The van der Waals surface area contributed by atoms with Crippen molar-refractivity contribution in [3.05, 3.63) is 34.4 Å². The van der Waals surface area contributed by atoms with Gasteiger partial charge in [0.15, 0.2) is 14.7 Å². The first-order valence-electron chi connectivity index (χ1n) is 8.82. The molecule has 0 N–H and O–H groups in total. The van der Waals surface area contributed by atoms with Gasteiger partial charge in [0.05, 0.1) is 16.4 Å². The van der Waals surface area contributed by atoms with E-state index >= 15 is 0 Å². The summed E-state index contributed by atoms with van der Waals surface area (Å²) in [6.45, 7) is 1.65. The van der Waals surface area contributed by atoms with Gasteiger partial charge in [0.1, 0.15) is 0 Å². The topological polar surface area (TPSA) is 127 Å². The Bertz CT molecular complexity index is 873. The Hall–Kier alpha value is -1.60.